The number of aromatic nitrogens is 2. The Morgan fingerprint density at radius 1 is 1.58 bits per heavy atom. The van der Waals surface area contributed by atoms with Gasteiger partial charge in [-0.3, -0.25) is 10.1 Å². The van der Waals surface area contributed by atoms with Gasteiger partial charge in [0.15, 0.2) is 0 Å². The second-order valence-corrected chi connectivity index (χ2v) is 4.89. The fourth-order valence-corrected chi connectivity index (χ4v) is 1.95. The number of nitro groups is 1. The van der Waals surface area contributed by atoms with Crippen LogP contribution in [-0.4, -0.2) is 32.6 Å². The van der Waals surface area contributed by atoms with Crippen LogP contribution in [0.5, 0.6) is 0 Å². The van der Waals surface area contributed by atoms with Crippen molar-refractivity contribution in [3.05, 3.63) is 21.1 Å². The fourth-order valence-electron chi connectivity index (χ4n) is 1.70. The summed E-state index contributed by atoms with van der Waals surface area (Å²) in [5, 5.41) is 22.9. The molecule has 1 aromatic rings. The van der Waals surface area contributed by atoms with Crippen LogP contribution in [0.2, 0.25) is 5.15 Å². The van der Waals surface area contributed by atoms with Gasteiger partial charge in [-0.1, -0.05) is 18.5 Å². The maximum atomic E-state index is 11.0. The Morgan fingerprint density at radius 2 is 2.26 bits per heavy atom. The molecule has 0 aliphatic heterocycles. The van der Waals surface area contributed by atoms with Crippen LogP contribution in [0.25, 0.3) is 0 Å². The van der Waals surface area contributed by atoms with Gasteiger partial charge in [-0.05, 0) is 19.3 Å². The minimum atomic E-state index is -0.606. The number of anilines is 1. The number of rotatable bonds is 6. The summed E-state index contributed by atoms with van der Waals surface area (Å²) >= 11 is 5.88. The standard InChI is InChI=1S/C11H15ClN4O3/c1-2-7(5-17)13-11-8(16(18)19)9(12)14-10(15-11)6-3-4-6/h6-7,17H,2-5H2,1H3,(H,13,14,15). The second-order valence-electron chi connectivity index (χ2n) is 4.53. The Kier molecular flexibility index (Phi) is 4.16. The highest BCUT2D eigenvalue weighted by molar-refractivity contribution is 6.31. The molecule has 0 spiro atoms. The third-order valence-corrected chi connectivity index (χ3v) is 3.30. The van der Waals surface area contributed by atoms with Crippen molar-refractivity contribution in [2.24, 2.45) is 0 Å². The molecular formula is C11H15ClN4O3. The van der Waals surface area contributed by atoms with Gasteiger partial charge in [0.1, 0.15) is 5.82 Å². The highest BCUT2D eigenvalue weighted by Gasteiger charge is 2.32. The Morgan fingerprint density at radius 3 is 2.74 bits per heavy atom. The van der Waals surface area contributed by atoms with Crippen LogP contribution in [0.15, 0.2) is 0 Å². The largest absolute Gasteiger partial charge is 0.394 e. The molecule has 2 rings (SSSR count). The highest BCUT2D eigenvalue weighted by atomic mass is 35.5. The van der Waals surface area contributed by atoms with Gasteiger partial charge in [0, 0.05) is 5.92 Å². The Hall–Kier alpha value is -1.47. The van der Waals surface area contributed by atoms with Gasteiger partial charge in [-0.15, -0.1) is 0 Å². The van der Waals surface area contributed by atoms with E-state index in [-0.39, 0.29) is 35.2 Å². The maximum Gasteiger partial charge on any atom is 0.348 e. The summed E-state index contributed by atoms with van der Waals surface area (Å²) in [6.45, 7) is 1.73. The minimum absolute atomic E-state index is 0.0906. The van der Waals surface area contributed by atoms with E-state index in [1.165, 1.54) is 0 Å². The molecule has 0 radical (unpaired) electrons. The van der Waals surface area contributed by atoms with Crippen molar-refractivity contribution in [1.29, 1.82) is 0 Å². The lowest BCUT2D eigenvalue weighted by Crippen LogP contribution is -2.24. The van der Waals surface area contributed by atoms with Gasteiger partial charge in [0.05, 0.1) is 17.6 Å². The topological polar surface area (TPSA) is 101 Å². The molecule has 1 aromatic heterocycles. The maximum absolute atomic E-state index is 11.0. The first-order valence-electron chi connectivity index (χ1n) is 6.16. The first-order valence-corrected chi connectivity index (χ1v) is 6.53. The van der Waals surface area contributed by atoms with Crippen molar-refractivity contribution in [1.82, 2.24) is 9.97 Å². The molecule has 0 bridgehead atoms. The van der Waals surface area contributed by atoms with E-state index >= 15 is 0 Å². The summed E-state index contributed by atoms with van der Waals surface area (Å²) in [7, 11) is 0. The van der Waals surface area contributed by atoms with Crippen molar-refractivity contribution < 1.29 is 10.0 Å². The SMILES string of the molecule is CCC(CO)Nc1nc(C2CC2)nc(Cl)c1[N+](=O)[O-]. The predicted molar refractivity (Wildman–Crippen MR) is 70.5 cm³/mol. The van der Waals surface area contributed by atoms with E-state index in [0.29, 0.717) is 12.2 Å². The number of nitrogens with one attached hydrogen (secondary N) is 1. The van der Waals surface area contributed by atoms with Gasteiger partial charge in [-0.25, -0.2) is 9.97 Å². The average molecular weight is 287 g/mol. The molecule has 8 heteroatoms. The Bertz CT molecular complexity index is 489. The van der Waals surface area contributed by atoms with E-state index in [1.807, 2.05) is 6.92 Å². The zero-order chi connectivity index (χ0) is 14.0. The van der Waals surface area contributed by atoms with Crippen LogP contribution >= 0.6 is 11.6 Å². The number of nitrogens with zero attached hydrogens (tertiary/aromatic N) is 3. The first kappa shape index (κ1) is 14.0. The zero-order valence-electron chi connectivity index (χ0n) is 10.5. The molecule has 1 saturated carbocycles. The van der Waals surface area contributed by atoms with Gasteiger partial charge in [0.2, 0.25) is 11.0 Å². The number of aliphatic hydroxyl groups excluding tert-OH is 1. The number of hydrogen-bond acceptors (Lipinski definition) is 6. The van der Waals surface area contributed by atoms with Gasteiger partial charge in [0.25, 0.3) is 0 Å². The molecule has 0 amide bonds. The lowest BCUT2D eigenvalue weighted by atomic mass is 10.2. The molecule has 1 atom stereocenters. The monoisotopic (exact) mass is 286 g/mol. The minimum Gasteiger partial charge on any atom is -0.394 e. The summed E-state index contributed by atoms with van der Waals surface area (Å²) in [5.74, 6) is 0.867. The Labute approximate surface area is 115 Å². The quantitative estimate of drug-likeness (QED) is 0.472. The number of hydrogen-bond donors (Lipinski definition) is 2. The van der Waals surface area contributed by atoms with Crippen LogP contribution in [0.4, 0.5) is 11.5 Å². The second kappa shape index (κ2) is 5.66. The summed E-state index contributed by atoms with van der Waals surface area (Å²) in [6, 6.07) is -0.295. The lowest BCUT2D eigenvalue weighted by Gasteiger charge is -2.15. The van der Waals surface area contributed by atoms with Crippen molar-refractivity contribution in [3.63, 3.8) is 0 Å². The van der Waals surface area contributed by atoms with E-state index in [9.17, 15) is 10.1 Å². The van der Waals surface area contributed by atoms with Crippen molar-refractivity contribution >= 4 is 23.1 Å². The molecule has 19 heavy (non-hydrogen) atoms. The van der Waals surface area contributed by atoms with Crippen molar-refractivity contribution in [2.45, 2.75) is 38.1 Å². The molecule has 1 aliphatic rings. The van der Waals surface area contributed by atoms with Gasteiger partial charge < -0.3 is 10.4 Å². The fraction of sp³-hybridized carbons (Fsp3) is 0.636. The molecule has 2 N–H and O–H groups in total. The summed E-state index contributed by atoms with van der Waals surface area (Å²) in [5.41, 5.74) is -0.335. The molecule has 1 unspecified atom stereocenters. The molecular weight excluding hydrogens is 272 g/mol. The average Bonchev–Trinajstić information content (AvgIpc) is 3.18. The van der Waals surface area contributed by atoms with Crippen LogP contribution in [0.3, 0.4) is 0 Å². The van der Waals surface area contributed by atoms with Gasteiger partial charge >= 0.3 is 5.69 Å². The summed E-state index contributed by atoms with van der Waals surface area (Å²) in [6.07, 6.45) is 2.57. The summed E-state index contributed by atoms with van der Waals surface area (Å²) < 4.78 is 0. The van der Waals surface area contributed by atoms with E-state index in [0.717, 1.165) is 12.8 Å². The van der Waals surface area contributed by atoms with Crippen LogP contribution in [-0.2, 0) is 0 Å². The normalized spacial score (nSPS) is 16.2. The van der Waals surface area contributed by atoms with E-state index in [2.05, 4.69) is 15.3 Å². The number of halogens is 1. The van der Waals surface area contributed by atoms with Crippen LogP contribution < -0.4 is 5.32 Å². The van der Waals surface area contributed by atoms with E-state index in [4.69, 9.17) is 16.7 Å². The van der Waals surface area contributed by atoms with Crippen LogP contribution in [0, 0.1) is 10.1 Å². The Balaban J connectivity index is 2.38. The smallest absolute Gasteiger partial charge is 0.348 e. The number of aliphatic hydroxyl groups is 1. The third kappa shape index (κ3) is 3.10. The molecule has 7 nitrogen and oxygen atoms in total. The predicted octanol–water partition coefficient (Wildman–Crippen LogP) is 2.10. The first-order chi connectivity index (χ1) is 9.06. The molecule has 1 aliphatic carbocycles. The molecule has 0 aromatic carbocycles. The van der Waals surface area contributed by atoms with E-state index < -0.39 is 4.92 Å². The molecule has 1 heterocycles. The van der Waals surface area contributed by atoms with E-state index in [1.54, 1.807) is 0 Å². The molecule has 0 saturated heterocycles. The zero-order valence-corrected chi connectivity index (χ0v) is 11.2. The van der Waals surface area contributed by atoms with Crippen LogP contribution in [0.1, 0.15) is 37.9 Å². The van der Waals surface area contributed by atoms with Crippen molar-refractivity contribution in [3.8, 4) is 0 Å². The van der Waals surface area contributed by atoms with Gasteiger partial charge in [-0.2, -0.15) is 0 Å². The van der Waals surface area contributed by atoms with Crippen molar-refractivity contribution in [2.75, 3.05) is 11.9 Å². The summed E-state index contributed by atoms with van der Waals surface area (Å²) in [4.78, 5) is 18.6. The highest BCUT2D eigenvalue weighted by Crippen LogP contribution is 2.41. The third-order valence-electron chi connectivity index (χ3n) is 3.04. The molecule has 1 fully saturated rings. The molecule has 104 valence electrons. The lowest BCUT2D eigenvalue weighted by molar-refractivity contribution is -0.384.